The van der Waals surface area contributed by atoms with Gasteiger partial charge < -0.3 is 20.9 Å². The average Bonchev–Trinajstić information content (AvgIpc) is 3.57. The zero-order valence-electron chi connectivity index (χ0n) is 17.6. The van der Waals surface area contributed by atoms with Crippen LogP contribution in [-0.2, 0) is 0 Å². The Morgan fingerprint density at radius 2 is 1.15 bits per heavy atom. The molecule has 6 nitrogen and oxygen atoms in total. The molecule has 2 aromatic heterocycles. The molecule has 6 rings (SSSR count). The molecule has 164 valence electrons. The van der Waals surface area contributed by atoms with E-state index >= 15 is 0 Å². The summed E-state index contributed by atoms with van der Waals surface area (Å²) >= 11 is 3.10. The smallest absolute Gasteiger partial charge is 0.205 e. The van der Waals surface area contributed by atoms with Crippen LogP contribution in [-0.4, -0.2) is 0 Å². The van der Waals surface area contributed by atoms with Crippen molar-refractivity contribution >= 4 is 33.4 Å². The summed E-state index contributed by atoms with van der Waals surface area (Å²) in [5, 5.41) is 29.8. The first kappa shape index (κ1) is 20.4. The Morgan fingerprint density at radius 1 is 0.706 bits per heavy atom. The third-order valence-electron chi connectivity index (χ3n) is 6.31. The van der Waals surface area contributed by atoms with E-state index < -0.39 is 11.8 Å². The monoisotopic (exact) mass is 480 g/mol. The van der Waals surface area contributed by atoms with Gasteiger partial charge in [0, 0.05) is 11.1 Å². The van der Waals surface area contributed by atoms with Crippen LogP contribution in [0, 0.1) is 22.7 Å². The molecule has 0 fully saturated rings. The van der Waals surface area contributed by atoms with Crippen LogP contribution in [0.2, 0.25) is 0 Å². The van der Waals surface area contributed by atoms with E-state index in [-0.39, 0.29) is 11.8 Å². The summed E-state index contributed by atoms with van der Waals surface area (Å²) in [7, 11) is 0. The molecule has 0 aliphatic carbocycles. The molecule has 0 saturated carbocycles. The van der Waals surface area contributed by atoms with E-state index in [0.29, 0.717) is 22.6 Å². The number of thiophene rings is 2. The maximum atomic E-state index is 9.98. The molecule has 0 unspecified atom stereocenters. The van der Waals surface area contributed by atoms with Crippen molar-refractivity contribution in [2.24, 2.45) is 11.5 Å². The topological polar surface area (TPSA) is 118 Å². The minimum atomic E-state index is -0.416. The first-order chi connectivity index (χ1) is 16.6. The fourth-order valence-corrected chi connectivity index (χ4v) is 6.28. The summed E-state index contributed by atoms with van der Waals surface area (Å²) in [6, 6.07) is 16.4. The summed E-state index contributed by atoms with van der Waals surface area (Å²) in [5.41, 5.74) is 16.8. The van der Waals surface area contributed by atoms with Crippen LogP contribution in [0.3, 0.4) is 0 Å². The predicted octanol–water partition coefficient (Wildman–Crippen LogP) is 5.40. The van der Waals surface area contributed by atoms with Gasteiger partial charge in [-0.25, -0.2) is 0 Å². The van der Waals surface area contributed by atoms with Gasteiger partial charge in [0.2, 0.25) is 11.8 Å². The highest BCUT2D eigenvalue weighted by Gasteiger charge is 2.41. The lowest BCUT2D eigenvalue weighted by Gasteiger charge is -2.34. The molecule has 2 aromatic carbocycles. The second kappa shape index (κ2) is 7.67. The van der Waals surface area contributed by atoms with Gasteiger partial charge in [-0.1, -0.05) is 24.3 Å². The van der Waals surface area contributed by atoms with E-state index in [2.05, 4.69) is 12.1 Å². The Balaban J connectivity index is 1.76. The normalized spacial score (nSPS) is 19.0. The number of rotatable bonds is 2. The second-order valence-corrected chi connectivity index (χ2v) is 9.55. The molecule has 4 N–H and O–H groups in total. The molecule has 0 spiro atoms. The second-order valence-electron chi connectivity index (χ2n) is 7.99. The van der Waals surface area contributed by atoms with Gasteiger partial charge in [-0.05, 0) is 55.6 Å². The minimum absolute atomic E-state index is 0.0352. The van der Waals surface area contributed by atoms with Gasteiger partial charge in [-0.15, -0.1) is 0 Å². The van der Waals surface area contributed by atoms with Crippen LogP contribution in [0.5, 0.6) is 11.5 Å². The maximum Gasteiger partial charge on any atom is 0.205 e. The molecule has 34 heavy (non-hydrogen) atoms. The Morgan fingerprint density at radius 3 is 1.50 bits per heavy atom. The molecule has 4 heterocycles. The molecular weight excluding hydrogens is 464 g/mol. The van der Waals surface area contributed by atoms with E-state index in [1.54, 1.807) is 22.7 Å². The molecule has 2 aliphatic heterocycles. The van der Waals surface area contributed by atoms with E-state index in [0.717, 1.165) is 33.0 Å². The van der Waals surface area contributed by atoms with Crippen LogP contribution in [0.15, 0.2) is 80.8 Å². The summed E-state index contributed by atoms with van der Waals surface area (Å²) in [4.78, 5) is 0. The first-order valence-electron chi connectivity index (χ1n) is 10.4. The van der Waals surface area contributed by atoms with Gasteiger partial charge in [-0.2, -0.15) is 33.2 Å². The van der Waals surface area contributed by atoms with Crippen molar-refractivity contribution in [1.29, 1.82) is 10.5 Å². The van der Waals surface area contributed by atoms with Crippen molar-refractivity contribution in [1.82, 2.24) is 0 Å². The predicted molar refractivity (Wildman–Crippen MR) is 131 cm³/mol. The Labute approximate surface area is 203 Å². The number of nitrogens with two attached hydrogens (primary N) is 2. The Kier molecular flexibility index (Phi) is 4.59. The van der Waals surface area contributed by atoms with Crippen molar-refractivity contribution in [3.8, 4) is 23.6 Å². The number of nitrogens with zero attached hydrogens (tertiary/aromatic N) is 2. The molecule has 0 saturated heterocycles. The minimum Gasteiger partial charge on any atom is -0.436 e. The quantitative estimate of drug-likeness (QED) is 0.397. The number of allylic oxidation sites excluding steroid dienone is 2. The van der Waals surface area contributed by atoms with Gasteiger partial charge >= 0.3 is 0 Å². The summed E-state index contributed by atoms with van der Waals surface area (Å²) < 4.78 is 12.2. The highest BCUT2D eigenvalue weighted by Crippen LogP contribution is 2.57. The third kappa shape index (κ3) is 2.77. The number of hydrogen-bond donors (Lipinski definition) is 2. The van der Waals surface area contributed by atoms with Crippen molar-refractivity contribution in [2.75, 3.05) is 0 Å². The van der Waals surface area contributed by atoms with Crippen molar-refractivity contribution < 1.29 is 9.47 Å². The summed E-state index contributed by atoms with van der Waals surface area (Å²) in [6.45, 7) is 0. The molecule has 0 radical (unpaired) electrons. The van der Waals surface area contributed by atoms with Crippen LogP contribution in [0.25, 0.3) is 10.8 Å². The Bertz CT molecular complexity index is 1480. The number of fused-ring (bicyclic) bond motifs is 6. The van der Waals surface area contributed by atoms with Crippen LogP contribution < -0.4 is 20.9 Å². The number of benzene rings is 2. The zero-order valence-corrected chi connectivity index (χ0v) is 19.2. The molecule has 2 atom stereocenters. The highest BCUT2D eigenvalue weighted by atomic mass is 32.1. The van der Waals surface area contributed by atoms with Crippen molar-refractivity contribution in [2.45, 2.75) is 11.8 Å². The number of hydrogen-bond acceptors (Lipinski definition) is 8. The van der Waals surface area contributed by atoms with Gasteiger partial charge in [0.05, 0.1) is 11.8 Å². The van der Waals surface area contributed by atoms with Gasteiger partial charge in [-0.3, -0.25) is 0 Å². The Hall–Kier alpha value is -4.24. The lowest BCUT2D eigenvalue weighted by Crippen LogP contribution is -2.26. The van der Waals surface area contributed by atoms with Crippen LogP contribution in [0.4, 0.5) is 0 Å². The van der Waals surface area contributed by atoms with Crippen molar-refractivity contribution in [3.05, 3.63) is 103 Å². The van der Waals surface area contributed by atoms with Gasteiger partial charge in [0.25, 0.3) is 0 Å². The molecule has 2 aliphatic rings. The summed E-state index contributed by atoms with van der Waals surface area (Å²) in [6.07, 6.45) is 0. The summed E-state index contributed by atoms with van der Waals surface area (Å²) in [5.74, 6) is 0.103. The van der Waals surface area contributed by atoms with E-state index in [1.807, 2.05) is 57.9 Å². The number of ether oxygens (including phenoxy) is 2. The third-order valence-corrected chi connectivity index (χ3v) is 7.71. The van der Waals surface area contributed by atoms with Crippen LogP contribution in [0.1, 0.15) is 34.1 Å². The van der Waals surface area contributed by atoms with Gasteiger partial charge in [0.1, 0.15) is 23.3 Å². The average molecular weight is 481 g/mol. The fourth-order valence-electron chi connectivity index (χ4n) is 4.91. The standard InChI is InChI=1S/C26H16N4O2S2/c27-9-17-19(13-5-7-33-11-13)21-15-3-1-2-4-16(15)22-20(14-6-8-34-12-14)18(10-28)26(30)32-24(22)23(21)31-25(17)29/h1-8,11-12,19-20H,29-30H2/t19-,20-/m0/s1. The van der Waals surface area contributed by atoms with E-state index in [1.165, 1.54) is 0 Å². The zero-order chi connectivity index (χ0) is 23.4. The van der Waals surface area contributed by atoms with E-state index in [9.17, 15) is 10.5 Å². The number of nitriles is 2. The lowest BCUT2D eigenvalue weighted by atomic mass is 9.76. The van der Waals surface area contributed by atoms with Crippen LogP contribution >= 0.6 is 22.7 Å². The van der Waals surface area contributed by atoms with E-state index in [4.69, 9.17) is 20.9 Å². The molecule has 0 bridgehead atoms. The molecular formula is C26H16N4O2S2. The highest BCUT2D eigenvalue weighted by molar-refractivity contribution is 7.08. The van der Waals surface area contributed by atoms with Crippen molar-refractivity contribution in [3.63, 3.8) is 0 Å². The molecule has 4 aromatic rings. The SMILES string of the molecule is N#CC1=C(N)Oc2c3c(c4ccccc4c2[C@H]1c1ccsc1)[C@@H](c1ccsc1)C(C#N)=C(N)O3. The maximum absolute atomic E-state index is 9.98. The largest absolute Gasteiger partial charge is 0.436 e. The lowest BCUT2D eigenvalue weighted by molar-refractivity contribution is 0.337. The first-order valence-corrected chi connectivity index (χ1v) is 12.3. The molecule has 0 amide bonds. The van der Waals surface area contributed by atoms with Gasteiger partial charge in [0.15, 0.2) is 11.5 Å². The molecule has 8 heteroatoms. The fraction of sp³-hybridized carbons (Fsp3) is 0.0769.